The van der Waals surface area contributed by atoms with E-state index in [9.17, 15) is 0 Å². The fourth-order valence-electron chi connectivity index (χ4n) is 1.19. The third kappa shape index (κ3) is 5.16. The van der Waals surface area contributed by atoms with Crippen molar-refractivity contribution >= 4 is 17.4 Å². The van der Waals surface area contributed by atoms with Crippen molar-refractivity contribution in [2.75, 3.05) is 25.6 Å². The number of rotatable bonds is 7. The molecular weight excluding hydrogens is 254 g/mol. The summed E-state index contributed by atoms with van der Waals surface area (Å²) in [6.45, 7) is 7.51. The Balaban J connectivity index is 2.68. The molecule has 102 valence electrons. The Morgan fingerprint density at radius 1 is 1.39 bits per heavy atom. The molecule has 5 nitrogen and oxygen atoms in total. The van der Waals surface area contributed by atoms with Gasteiger partial charge >= 0.3 is 0 Å². The lowest BCUT2D eigenvalue weighted by molar-refractivity contribution is 0.0343. The van der Waals surface area contributed by atoms with Gasteiger partial charge in [0.15, 0.2) is 5.82 Å². The van der Waals surface area contributed by atoms with Crippen LogP contribution in [0.25, 0.3) is 0 Å². The second-order valence-electron chi connectivity index (χ2n) is 4.45. The highest BCUT2D eigenvalue weighted by Gasteiger charge is 2.16. The smallest absolute Gasteiger partial charge is 0.158 e. The maximum Gasteiger partial charge on any atom is 0.158 e. The van der Waals surface area contributed by atoms with Gasteiger partial charge in [0.25, 0.3) is 0 Å². The van der Waals surface area contributed by atoms with Crippen molar-refractivity contribution in [2.45, 2.75) is 33.0 Å². The monoisotopic (exact) mass is 273 g/mol. The van der Waals surface area contributed by atoms with E-state index >= 15 is 0 Å². The van der Waals surface area contributed by atoms with Gasteiger partial charge in [-0.25, -0.2) is 9.97 Å². The third-order valence-corrected chi connectivity index (χ3v) is 2.62. The standard InChI is InChI=1S/C12H20ClN3O2/c1-5-18-7-11-15-9(13)6-10(16-11)14-8-12(2,3)17-4/h6H,5,7-8H2,1-4H3,(H,14,15,16). The predicted molar refractivity (Wildman–Crippen MR) is 71.9 cm³/mol. The van der Waals surface area contributed by atoms with Gasteiger partial charge < -0.3 is 14.8 Å². The maximum atomic E-state index is 5.93. The summed E-state index contributed by atoms with van der Waals surface area (Å²) >= 11 is 5.93. The van der Waals surface area contributed by atoms with E-state index in [1.54, 1.807) is 13.2 Å². The predicted octanol–water partition coefficient (Wildman–Crippen LogP) is 2.50. The first-order chi connectivity index (χ1) is 8.46. The lowest BCUT2D eigenvalue weighted by Crippen LogP contribution is -2.32. The quantitative estimate of drug-likeness (QED) is 0.774. The molecule has 6 heteroatoms. The molecule has 0 aliphatic carbocycles. The molecule has 0 aromatic carbocycles. The van der Waals surface area contributed by atoms with Crippen LogP contribution >= 0.6 is 11.6 Å². The summed E-state index contributed by atoms with van der Waals surface area (Å²) in [5.74, 6) is 1.25. The molecule has 0 saturated carbocycles. The SMILES string of the molecule is CCOCc1nc(Cl)cc(NCC(C)(C)OC)n1. The fraction of sp³-hybridized carbons (Fsp3) is 0.667. The van der Waals surface area contributed by atoms with Gasteiger partial charge in [-0.3, -0.25) is 0 Å². The van der Waals surface area contributed by atoms with Crippen LogP contribution in [-0.4, -0.2) is 35.8 Å². The van der Waals surface area contributed by atoms with Crippen molar-refractivity contribution in [1.82, 2.24) is 9.97 Å². The molecule has 1 rings (SSSR count). The second kappa shape index (κ2) is 6.87. The first-order valence-electron chi connectivity index (χ1n) is 5.87. The van der Waals surface area contributed by atoms with E-state index < -0.39 is 0 Å². The van der Waals surface area contributed by atoms with Crippen molar-refractivity contribution in [3.8, 4) is 0 Å². The number of nitrogens with zero attached hydrogens (tertiary/aromatic N) is 2. The summed E-state index contributed by atoms with van der Waals surface area (Å²) in [4.78, 5) is 8.42. The number of hydrogen-bond acceptors (Lipinski definition) is 5. The van der Waals surface area contributed by atoms with Crippen molar-refractivity contribution < 1.29 is 9.47 Å². The lowest BCUT2D eigenvalue weighted by Gasteiger charge is -2.23. The van der Waals surface area contributed by atoms with Gasteiger partial charge in [0.1, 0.15) is 17.6 Å². The summed E-state index contributed by atoms with van der Waals surface area (Å²) in [5, 5.41) is 3.58. The van der Waals surface area contributed by atoms with Gasteiger partial charge in [0.2, 0.25) is 0 Å². The zero-order valence-corrected chi connectivity index (χ0v) is 12.0. The Bertz CT molecular complexity index is 386. The van der Waals surface area contributed by atoms with Gasteiger partial charge in [0, 0.05) is 26.3 Å². The summed E-state index contributed by atoms with van der Waals surface area (Å²) in [6.07, 6.45) is 0. The summed E-state index contributed by atoms with van der Waals surface area (Å²) in [6, 6.07) is 1.68. The highest BCUT2D eigenvalue weighted by atomic mass is 35.5. The number of halogens is 1. The van der Waals surface area contributed by atoms with Crippen LogP contribution in [0.1, 0.15) is 26.6 Å². The first-order valence-corrected chi connectivity index (χ1v) is 6.25. The van der Waals surface area contributed by atoms with Crippen LogP contribution < -0.4 is 5.32 Å². The number of nitrogens with one attached hydrogen (secondary N) is 1. The number of aromatic nitrogens is 2. The van der Waals surface area contributed by atoms with Crippen LogP contribution in [0.3, 0.4) is 0 Å². The molecule has 0 bridgehead atoms. The largest absolute Gasteiger partial charge is 0.377 e. The molecule has 18 heavy (non-hydrogen) atoms. The van der Waals surface area contributed by atoms with Crippen LogP contribution in [0.5, 0.6) is 0 Å². The minimum Gasteiger partial charge on any atom is -0.377 e. The Hall–Kier alpha value is -0.910. The van der Waals surface area contributed by atoms with Gasteiger partial charge in [-0.05, 0) is 20.8 Å². The molecule has 0 fully saturated rings. The lowest BCUT2D eigenvalue weighted by atomic mass is 10.1. The van der Waals surface area contributed by atoms with Crippen molar-refractivity contribution in [3.63, 3.8) is 0 Å². The van der Waals surface area contributed by atoms with E-state index in [-0.39, 0.29) is 5.60 Å². The topological polar surface area (TPSA) is 56.3 Å². The molecule has 1 N–H and O–H groups in total. The Morgan fingerprint density at radius 3 is 2.72 bits per heavy atom. The highest BCUT2D eigenvalue weighted by molar-refractivity contribution is 6.29. The summed E-state index contributed by atoms with van der Waals surface area (Å²) in [5.41, 5.74) is -0.266. The van der Waals surface area contributed by atoms with Crippen molar-refractivity contribution in [2.24, 2.45) is 0 Å². The van der Waals surface area contributed by atoms with Gasteiger partial charge in [-0.15, -0.1) is 0 Å². The summed E-state index contributed by atoms with van der Waals surface area (Å²) < 4.78 is 10.6. The van der Waals surface area contributed by atoms with Crippen molar-refractivity contribution in [3.05, 3.63) is 17.0 Å². The first kappa shape index (κ1) is 15.1. The van der Waals surface area contributed by atoms with Crippen LogP contribution in [0.4, 0.5) is 5.82 Å². The van der Waals surface area contributed by atoms with E-state index in [1.807, 2.05) is 20.8 Å². The molecule has 0 radical (unpaired) electrons. The maximum absolute atomic E-state index is 5.93. The van der Waals surface area contributed by atoms with Crippen LogP contribution in [0.2, 0.25) is 5.15 Å². The van der Waals surface area contributed by atoms with Gasteiger partial charge in [-0.2, -0.15) is 0 Å². The molecule has 0 aliphatic heterocycles. The Morgan fingerprint density at radius 2 is 2.11 bits per heavy atom. The zero-order chi connectivity index (χ0) is 13.6. The van der Waals surface area contributed by atoms with E-state index in [0.29, 0.717) is 36.6 Å². The highest BCUT2D eigenvalue weighted by Crippen LogP contribution is 2.14. The van der Waals surface area contributed by atoms with Crippen LogP contribution in [-0.2, 0) is 16.1 Å². The van der Waals surface area contributed by atoms with Crippen LogP contribution in [0.15, 0.2) is 6.07 Å². The molecule has 0 saturated heterocycles. The third-order valence-electron chi connectivity index (χ3n) is 2.42. The normalized spacial score (nSPS) is 11.6. The van der Waals surface area contributed by atoms with Crippen LogP contribution in [0, 0.1) is 0 Å². The molecule has 1 heterocycles. The Labute approximate surface area is 113 Å². The zero-order valence-electron chi connectivity index (χ0n) is 11.3. The fourth-order valence-corrected chi connectivity index (χ4v) is 1.39. The van der Waals surface area contributed by atoms with E-state index in [4.69, 9.17) is 21.1 Å². The second-order valence-corrected chi connectivity index (χ2v) is 4.83. The molecule has 1 aromatic rings. The van der Waals surface area contributed by atoms with E-state index in [1.165, 1.54) is 0 Å². The number of ether oxygens (including phenoxy) is 2. The average Bonchev–Trinajstić information content (AvgIpc) is 2.33. The summed E-state index contributed by atoms with van der Waals surface area (Å²) in [7, 11) is 1.68. The molecule has 1 aromatic heterocycles. The number of methoxy groups -OCH3 is 1. The minimum absolute atomic E-state index is 0.266. The Kier molecular flexibility index (Phi) is 5.78. The number of hydrogen-bond donors (Lipinski definition) is 1. The minimum atomic E-state index is -0.266. The molecule has 0 amide bonds. The molecule has 0 spiro atoms. The number of anilines is 1. The van der Waals surface area contributed by atoms with E-state index in [2.05, 4.69) is 15.3 Å². The average molecular weight is 274 g/mol. The van der Waals surface area contributed by atoms with Gasteiger partial charge in [-0.1, -0.05) is 11.6 Å². The molecule has 0 aliphatic rings. The molecule has 0 atom stereocenters. The van der Waals surface area contributed by atoms with Gasteiger partial charge in [0.05, 0.1) is 5.60 Å². The molecule has 0 unspecified atom stereocenters. The van der Waals surface area contributed by atoms with E-state index in [0.717, 1.165) is 0 Å². The molecular formula is C12H20ClN3O2. The van der Waals surface area contributed by atoms with Crippen molar-refractivity contribution in [1.29, 1.82) is 0 Å².